The van der Waals surface area contributed by atoms with Crippen LogP contribution < -0.4 is 0 Å². The molecule has 1 atom stereocenters. The van der Waals surface area contributed by atoms with Crippen LogP contribution in [0, 0.1) is 6.92 Å². The minimum absolute atomic E-state index is 0.397. The fourth-order valence-corrected chi connectivity index (χ4v) is 2.86. The molecular weight excluding hydrogens is 242 g/mol. The molecule has 0 fully saturated rings. The van der Waals surface area contributed by atoms with Crippen LogP contribution in [0.5, 0.6) is 0 Å². The number of hydrogen-bond acceptors (Lipinski definition) is 5. The number of aliphatic hydroxyl groups excluding tert-OH is 1. The van der Waals surface area contributed by atoms with Crippen LogP contribution in [0.25, 0.3) is 0 Å². The van der Waals surface area contributed by atoms with Gasteiger partial charge in [0.1, 0.15) is 4.34 Å². The second-order valence-electron chi connectivity index (χ2n) is 3.65. The van der Waals surface area contributed by atoms with Crippen molar-refractivity contribution in [2.45, 2.75) is 37.1 Å². The number of aryl methyl sites for hydroxylation is 1. The van der Waals surface area contributed by atoms with Crippen LogP contribution in [0.3, 0.4) is 0 Å². The van der Waals surface area contributed by atoms with Gasteiger partial charge in [-0.1, -0.05) is 25.1 Å². The maximum atomic E-state index is 9.65. The van der Waals surface area contributed by atoms with Crippen molar-refractivity contribution >= 4 is 23.1 Å². The molecule has 1 aromatic heterocycles. The summed E-state index contributed by atoms with van der Waals surface area (Å²) >= 11 is 3.21. The van der Waals surface area contributed by atoms with Gasteiger partial charge in [0.2, 0.25) is 0 Å². The Labute approximate surface area is 105 Å². The first-order chi connectivity index (χ1) is 7.72. The summed E-state index contributed by atoms with van der Waals surface area (Å²) in [6.45, 7) is 5.28. The first kappa shape index (κ1) is 14.0. The molecule has 0 spiro atoms. The molecule has 1 heterocycles. The third kappa shape index (κ3) is 5.84. The number of thioether (sulfide) groups is 1. The van der Waals surface area contributed by atoms with E-state index in [1.807, 2.05) is 12.3 Å². The minimum atomic E-state index is -0.397. The number of nitrogens with zero attached hydrogens (tertiary/aromatic N) is 1. The molecule has 0 amide bonds. The molecule has 0 aliphatic heterocycles. The number of rotatable bonds is 8. The Morgan fingerprint density at radius 2 is 2.44 bits per heavy atom. The lowest BCUT2D eigenvalue weighted by Gasteiger charge is -2.09. The fourth-order valence-electron chi connectivity index (χ4n) is 1.08. The third-order valence-electron chi connectivity index (χ3n) is 1.95. The van der Waals surface area contributed by atoms with E-state index >= 15 is 0 Å². The molecule has 3 nitrogen and oxygen atoms in total. The largest absolute Gasteiger partial charge is 0.390 e. The van der Waals surface area contributed by atoms with Crippen LogP contribution in [0.1, 0.15) is 25.5 Å². The Bertz CT molecular complexity index is 291. The van der Waals surface area contributed by atoms with Gasteiger partial charge in [-0.2, -0.15) is 0 Å². The molecule has 0 saturated carbocycles. The van der Waals surface area contributed by atoms with Crippen LogP contribution in [-0.2, 0) is 4.74 Å². The van der Waals surface area contributed by atoms with E-state index in [1.54, 1.807) is 23.1 Å². The molecule has 0 radical (unpaired) electrons. The van der Waals surface area contributed by atoms with E-state index in [1.165, 1.54) is 0 Å². The van der Waals surface area contributed by atoms with Crippen molar-refractivity contribution in [1.82, 2.24) is 4.98 Å². The fraction of sp³-hybridized carbons (Fsp3) is 0.727. The number of ether oxygens (including phenoxy) is 1. The summed E-state index contributed by atoms with van der Waals surface area (Å²) in [5, 5.41) is 11.7. The lowest BCUT2D eigenvalue weighted by atomic mass is 10.3. The zero-order valence-corrected chi connectivity index (χ0v) is 11.4. The Balaban J connectivity index is 2.08. The second-order valence-corrected chi connectivity index (χ2v) is 5.77. The molecule has 16 heavy (non-hydrogen) atoms. The smallest absolute Gasteiger partial charge is 0.150 e. The molecule has 1 unspecified atom stereocenters. The summed E-state index contributed by atoms with van der Waals surface area (Å²) in [4.78, 5) is 4.32. The number of aliphatic hydroxyl groups is 1. The number of aromatic nitrogens is 1. The maximum Gasteiger partial charge on any atom is 0.150 e. The Morgan fingerprint density at radius 1 is 1.62 bits per heavy atom. The van der Waals surface area contributed by atoms with Crippen molar-refractivity contribution in [1.29, 1.82) is 0 Å². The van der Waals surface area contributed by atoms with E-state index in [0.717, 1.165) is 29.5 Å². The zero-order valence-electron chi connectivity index (χ0n) is 9.81. The van der Waals surface area contributed by atoms with Crippen LogP contribution in [0.15, 0.2) is 9.72 Å². The summed E-state index contributed by atoms with van der Waals surface area (Å²) in [7, 11) is 0. The predicted molar refractivity (Wildman–Crippen MR) is 69.3 cm³/mol. The van der Waals surface area contributed by atoms with Crippen LogP contribution in [-0.4, -0.2) is 35.2 Å². The summed E-state index contributed by atoms with van der Waals surface area (Å²) < 4.78 is 6.37. The lowest BCUT2D eigenvalue weighted by molar-refractivity contribution is 0.0473. The molecule has 5 heteroatoms. The van der Waals surface area contributed by atoms with Crippen molar-refractivity contribution in [2.24, 2.45) is 0 Å². The van der Waals surface area contributed by atoms with Crippen LogP contribution in [0.2, 0.25) is 0 Å². The van der Waals surface area contributed by atoms with Gasteiger partial charge in [0, 0.05) is 23.4 Å². The minimum Gasteiger partial charge on any atom is -0.390 e. The number of unbranched alkanes of at least 4 members (excludes halogenated alkanes) is 1. The molecular formula is C11H19NO2S2. The van der Waals surface area contributed by atoms with Crippen molar-refractivity contribution in [3.05, 3.63) is 11.1 Å². The van der Waals surface area contributed by atoms with Gasteiger partial charge < -0.3 is 9.84 Å². The van der Waals surface area contributed by atoms with Crippen LogP contribution in [0.4, 0.5) is 0 Å². The van der Waals surface area contributed by atoms with Gasteiger partial charge in [-0.15, -0.1) is 11.3 Å². The molecule has 0 aliphatic rings. The summed E-state index contributed by atoms with van der Waals surface area (Å²) in [5.74, 6) is 0.652. The van der Waals surface area contributed by atoms with Crippen molar-refractivity contribution in [3.63, 3.8) is 0 Å². The van der Waals surface area contributed by atoms with Crippen molar-refractivity contribution in [3.8, 4) is 0 Å². The highest BCUT2D eigenvalue weighted by Crippen LogP contribution is 2.22. The zero-order chi connectivity index (χ0) is 11.8. The Kier molecular flexibility index (Phi) is 7.03. The highest BCUT2D eigenvalue weighted by atomic mass is 32.2. The monoisotopic (exact) mass is 261 g/mol. The average molecular weight is 261 g/mol. The van der Waals surface area contributed by atoms with E-state index in [9.17, 15) is 5.11 Å². The van der Waals surface area contributed by atoms with Gasteiger partial charge in [0.15, 0.2) is 0 Å². The molecule has 0 aliphatic carbocycles. The highest BCUT2D eigenvalue weighted by molar-refractivity contribution is 8.01. The quantitative estimate of drug-likeness (QED) is 0.577. The number of hydrogen-bond donors (Lipinski definition) is 1. The highest BCUT2D eigenvalue weighted by Gasteiger charge is 2.07. The predicted octanol–water partition coefficient (Wildman–Crippen LogP) is 2.72. The van der Waals surface area contributed by atoms with Gasteiger partial charge in [0.25, 0.3) is 0 Å². The average Bonchev–Trinajstić information content (AvgIpc) is 2.68. The van der Waals surface area contributed by atoms with E-state index < -0.39 is 6.10 Å². The van der Waals surface area contributed by atoms with Gasteiger partial charge in [-0.3, -0.25) is 0 Å². The number of thiazole rings is 1. The van der Waals surface area contributed by atoms with E-state index in [2.05, 4.69) is 11.9 Å². The first-order valence-corrected chi connectivity index (χ1v) is 7.39. The van der Waals surface area contributed by atoms with E-state index in [0.29, 0.717) is 12.4 Å². The second kappa shape index (κ2) is 8.06. The van der Waals surface area contributed by atoms with Gasteiger partial charge in [-0.05, 0) is 13.3 Å². The van der Waals surface area contributed by atoms with Gasteiger partial charge >= 0.3 is 0 Å². The van der Waals surface area contributed by atoms with E-state index in [4.69, 9.17) is 4.74 Å². The summed E-state index contributed by atoms with van der Waals surface area (Å²) in [6.07, 6.45) is 1.79. The molecule has 0 saturated heterocycles. The lowest BCUT2D eigenvalue weighted by Crippen LogP contribution is -2.18. The van der Waals surface area contributed by atoms with Crippen molar-refractivity contribution in [2.75, 3.05) is 19.0 Å². The van der Waals surface area contributed by atoms with Gasteiger partial charge in [-0.25, -0.2) is 4.98 Å². The van der Waals surface area contributed by atoms with Gasteiger partial charge in [0.05, 0.1) is 12.7 Å². The molecule has 0 aromatic carbocycles. The maximum absolute atomic E-state index is 9.65. The molecule has 0 bridgehead atoms. The van der Waals surface area contributed by atoms with Crippen molar-refractivity contribution < 1.29 is 9.84 Å². The SMILES string of the molecule is CCCCOCC(O)CSc1nc(C)cs1. The molecule has 1 aromatic rings. The van der Waals surface area contributed by atoms with E-state index in [-0.39, 0.29) is 0 Å². The molecule has 1 N–H and O–H groups in total. The molecule has 92 valence electrons. The Hall–Kier alpha value is -0.100. The molecule has 1 rings (SSSR count). The third-order valence-corrected chi connectivity index (χ3v) is 4.23. The Morgan fingerprint density at radius 3 is 3.06 bits per heavy atom. The first-order valence-electron chi connectivity index (χ1n) is 5.53. The van der Waals surface area contributed by atoms with Crippen LogP contribution >= 0.6 is 23.1 Å². The summed E-state index contributed by atoms with van der Waals surface area (Å²) in [6, 6.07) is 0. The topological polar surface area (TPSA) is 42.4 Å². The standard InChI is InChI=1S/C11H19NO2S2/c1-3-4-5-14-6-10(13)8-16-11-12-9(2)7-15-11/h7,10,13H,3-6,8H2,1-2H3. The summed E-state index contributed by atoms with van der Waals surface area (Å²) in [5.41, 5.74) is 1.04. The normalized spacial score (nSPS) is 12.9.